The molecule has 6 heteroatoms. The number of amides is 2. The molecule has 6 nitrogen and oxygen atoms in total. The first-order valence-electron chi connectivity index (χ1n) is 9.07. The third-order valence-corrected chi connectivity index (χ3v) is 4.35. The lowest BCUT2D eigenvalue weighted by atomic mass is 9.95. The maximum atomic E-state index is 12.4. The first kappa shape index (κ1) is 18.8. The number of carbonyl (C=O) groups is 2. The maximum Gasteiger partial charge on any atom is 0.251 e. The Labute approximate surface area is 158 Å². The fourth-order valence-corrected chi connectivity index (χ4v) is 2.96. The second-order valence-electron chi connectivity index (χ2n) is 6.74. The van der Waals surface area contributed by atoms with Gasteiger partial charge < -0.3 is 20.1 Å². The molecule has 0 saturated carbocycles. The molecule has 1 atom stereocenters. The molecule has 2 N–H and O–H groups in total. The summed E-state index contributed by atoms with van der Waals surface area (Å²) in [5, 5.41) is 5.65. The van der Waals surface area contributed by atoms with E-state index in [4.69, 9.17) is 9.47 Å². The van der Waals surface area contributed by atoms with Gasteiger partial charge >= 0.3 is 0 Å². The van der Waals surface area contributed by atoms with Crippen molar-refractivity contribution in [2.45, 2.75) is 19.9 Å². The highest BCUT2D eigenvalue weighted by Crippen LogP contribution is 2.34. The molecule has 142 valence electrons. The van der Waals surface area contributed by atoms with Gasteiger partial charge in [-0.2, -0.15) is 0 Å². The SMILES string of the molecule is CC(C)[C@H](NC(=O)CNC(=O)c1ccccc1)c1ccc2c(c1)OCCO2. The van der Waals surface area contributed by atoms with Crippen molar-refractivity contribution in [3.8, 4) is 11.5 Å². The molecule has 27 heavy (non-hydrogen) atoms. The van der Waals surface area contributed by atoms with Crippen LogP contribution in [0.1, 0.15) is 35.8 Å². The second kappa shape index (κ2) is 8.58. The minimum atomic E-state index is -0.272. The second-order valence-corrected chi connectivity index (χ2v) is 6.74. The summed E-state index contributed by atoms with van der Waals surface area (Å²) in [7, 11) is 0. The Balaban J connectivity index is 1.62. The monoisotopic (exact) mass is 368 g/mol. The van der Waals surface area contributed by atoms with Crippen LogP contribution < -0.4 is 20.1 Å². The molecule has 0 fully saturated rings. The van der Waals surface area contributed by atoms with Crippen LogP contribution in [0.5, 0.6) is 11.5 Å². The van der Waals surface area contributed by atoms with Crippen molar-refractivity contribution < 1.29 is 19.1 Å². The van der Waals surface area contributed by atoms with Crippen LogP contribution in [-0.4, -0.2) is 31.6 Å². The van der Waals surface area contributed by atoms with Gasteiger partial charge in [0.05, 0.1) is 12.6 Å². The molecule has 1 aliphatic heterocycles. The van der Waals surface area contributed by atoms with Gasteiger partial charge in [-0.1, -0.05) is 38.1 Å². The van der Waals surface area contributed by atoms with E-state index in [1.54, 1.807) is 24.3 Å². The lowest BCUT2D eigenvalue weighted by molar-refractivity contribution is -0.121. The van der Waals surface area contributed by atoms with E-state index in [2.05, 4.69) is 10.6 Å². The van der Waals surface area contributed by atoms with Gasteiger partial charge in [-0.05, 0) is 35.7 Å². The number of rotatable bonds is 6. The molecule has 2 aromatic carbocycles. The average Bonchev–Trinajstić information content (AvgIpc) is 2.70. The smallest absolute Gasteiger partial charge is 0.251 e. The Morgan fingerprint density at radius 2 is 1.70 bits per heavy atom. The standard InChI is InChI=1S/C21H24N2O4/c1-14(2)20(16-8-9-17-18(12-16)27-11-10-26-17)23-19(24)13-22-21(25)15-6-4-3-5-7-15/h3-9,12,14,20H,10-11,13H2,1-2H3,(H,22,25)(H,23,24)/t20-/m0/s1. The summed E-state index contributed by atoms with van der Waals surface area (Å²) in [6.45, 7) is 5.04. The van der Waals surface area contributed by atoms with E-state index in [0.717, 1.165) is 5.56 Å². The highest BCUT2D eigenvalue weighted by molar-refractivity contribution is 5.96. The molecule has 2 aromatic rings. The predicted molar refractivity (Wildman–Crippen MR) is 102 cm³/mol. The van der Waals surface area contributed by atoms with Crippen molar-refractivity contribution in [2.24, 2.45) is 5.92 Å². The highest BCUT2D eigenvalue weighted by atomic mass is 16.6. The maximum absolute atomic E-state index is 12.4. The third-order valence-electron chi connectivity index (χ3n) is 4.35. The Morgan fingerprint density at radius 3 is 2.41 bits per heavy atom. The molecular weight excluding hydrogens is 344 g/mol. The summed E-state index contributed by atoms with van der Waals surface area (Å²) in [4.78, 5) is 24.5. The molecule has 1 aliphatic rings. The van der Waals surface area contributed by atoms with E-state index in [1.165, 1.54) is 0 Å². The molecule has 2 amide bonds. The summed E-state index contributed by atoms with van der Waals surface area (Å²) in [6.07, 6.45) is 0. The van der Waals surface area contributed by atoms with E-state index in [0.29, 0.717) is 30.3 Å². The number of ether oxygens (including phenoxy) is 2. The van der Waals surface area contributed by atoms with Crippen molar-refractivity contribution in [3.05, 3.63) is 59.7 Å². The third kappa shape index (κ3) is 4.78. The van der Waals surface area contributed by atoms with Gasteiger partial charge in [0.2, 0.25) is 5.91 Å². The van der Waals surface area contributed by atoms with Crippen LogP contribution in [-0.2, 0) is 4.79 Å². The van der Waals surface area contributed by atoms with E-state index in [1.807, 2.05) is 38.1 Å². The van der Waals surface area contributed by atoms with Gasteiger partial charge in [0, 0.05) is 5.56 Å². The summed E-state index contributed by atoms with van der Waals surface area (Å²) >= 11 is 0. The van der Waals surface area contributed by atoms with Crippen LogP contribution in [0.4, 0.5) is 0 Å². The lowest BCUT2D eigenvalue weighted by Gasteiger charge is -2.25. The molecule has 0 saturated heterocycles. The Morgan fingerprint density at radius 1 is 1.00 bits per heavy atom. The number of fused-ring (bicyclic) bond motifs is 1. The Bertz CT molecular complexity index is 805. The first-order chi connectivity index (χ1) is 13.0. The fourth-order valence-electron chi connectivity index (χ4n) is 2.96. The van der Waals surface area contributed by atoms with E-state index >= 15 is 0 Å². The highest BCUT2D eigenvalue weighted by Gasteiger charge is 2.21. The lowest BCUT2D eigenvalue weighted by Crippen LogP contribution is -2.40. The summed E-state index contributed by atoms with van der Waals surface area (Å²) in [5.74, 6) is 1.06. The molecule has 0 unspecified atom stereocenters. The fraction of sp³-hybridized carbons (Fsp3) is 0.333. The quantitative estimate of drug-likeness (QED) is 0.822. The molecule has 3 rings (SSSR count). The van der Waals surface area contributed by atoms with Crippen LogP contribution in [0.2, 0.25) is 0 Å². The van der Waals surface area contributed by atoms with Crippen LogP contribution >= 0.6 is 0 Å². The number of carbonyl (C=O) groups excluding carboxylic acids is 2. The van der Waals surface area contributed by atoms with E-state index in [9.17, 15) is 9.59 Å². The number of nitrogens with one attached hydrogen (secondary N) is 2. The molecule has 0 bridgehead atoms. The molecular formula is C21H24N2O4. The number of hydrogen-bond acceptors (Lipinski definition) is 4. The molecule has 1 heterocycles. The van der Waals surface area contributed by atoms with Gasteiger partial charge in [-0.15, -0.1) is 0 Å². The van der Waals surface area contributed by atoms with Crippen LogP contribution in [0.25, 0.3) is 0 Å². The van der Waals surface area contributed by atoms with Crippen LogP contribution in [0.3, 0.4) is 0 Å². The molecule has 0 aromatic heterocycles. The minimum Gasteiger partial charge on any atom is -0.486 e. The largest absolute Gasteiger partial charge is 0.486 e. The zero-order valence-electron chi connectivity index (χ0n) is 15.5. The van der Waals surface area contributed by atoms with Crippen molar-refractivity contribution in [1.29, 1.82) is 0 Å². The molecule has 0 radical (unpaired) electrons. The average molecular weight is 368 g/mol. The van der Waals surface area contributed by atoms with Crippen molar-refractivity contribution in [2.75, 3.05) is 19.8 Å². The van der Waals surface area contributed by atoms with Gasteiger partial charge in [-0.25, -0.2) is 0 Å². The summed E-state index contributed by atoms with van der Waals surface area (Å²) in [5.41, 5.74) is 1.47. The van der Waals surface area contributed by atoms with Crippen LogP contribution in [0, 0.1) is 5.92 Å². The van der Waals surface area contributed by atoms with Crippen molar-refractivity contribution in [3.63, 3.8) is 0 Å². The zero-order valence-corrected chi connectivity index (χ0v) is 15.5. The van der Waals surface area contributed by atoms with Gasteiger partial charge in [0.15, 0.2) is 11.5 Å². The predicted octanol–water partition coefficient (Wildman–Crippen LogP) is 2.70. The van der Waals surface area contributed by atoms with Crippen molar-refractivity contribution >= 4 is 11.8 Å². The van der Waals surface area contributed by atoms with Gasteiger partial charge in [0.25, 0.3) is 5.91 Å². The van der Waals surface area contributed by atoms with Crippen LogP contribution in [0.15, 0.2) is 48.5 Å². The topological polar surface area (TPSA) is 76.7 Å². The first-order valence-corrected chi connectivity index (χ1v) is 9.07. The minimum absolute atomic E-state index is 0.0818. The normalized spacial score (nSPS) is 13.7. The molecule has 0 aliphatic carbocycles. The Kier molecular flexibility index (Phi) is 5.96. The van der Waals surface area contributed by atoms with E-state index < -0.39 is 0 Å². The zero-order chi connectivity index (χ0) is 19.2. The van der Waals surface area contributed by atoms with Gasteiger partial charge in [0.1, 0.15) is 13.2 Å². The Hall–Kier alpha value is -3.02. The van der Waals surface area contributed by atoms with E-state index in [-0.39, 0.29) is 30.3 Å². The summed E-state index contributed by atoms with van der Waals surface area (Å²) < 4.78 is 11.2. The number of hydrogen-bond donors (Lipinski definition) is 2. The number of benzene rings is 2. The van der Waals surface area contributed by atoms with Gasteiger partial charge in [-0.3, -0.25) is 9.59 Å². The van der Waals surface area contributed by atoms with Crippen molar-refractivity contribution in [1.82, 2.24) is 10.6 Å². The molecule has 0 spiro atoms. The summed E-state index contributed by atoms with van der Waals surface area (Å²) in [6, 6.07) is 14.3.